The third-order valence-electron chi connectivity index (χ3n) is 2.76. The predicted molar refractivity (Wildman–Crippen MR) is 72.6 cm³/mol. The van der Waals surface area contributed by atoms with E-state index in [1.807, 2.05) is 11.4 Å². The van der Waals surface area contributed by atoms with Gasteiger partial charge in [-0.05, 0) is 47.9 Å². The van der Waals surface area contributed by atoms with E-state index < -0.39 is 0 Å². The standard InChI is InChI=1S/C12H16BrNO2S/c13-9-5-12(17-8-9)6-10(15)7-16-11-1-3-14-4-2-11/h5,8,11,14H,1-4,6-7H2. The van der Waals surface area contributed by atoms with Crippen molar-refractivity contribution in [2.75, 3.05) is 19.7 Å². The molecule has 17 heavy (non-hydrogen) atoms. The van der Waals surface area contributed by atoms with Gasteiger partial charge >= 0.3 is 0 Å². The number of thiophene rings is 1. The Bertz CT molecular complexity index is 374. The predicted octanol–water partition coefficient (Wildman–Crippen LogP) is 2.39. The molecular weight excluding hydrogens is 302 g/mol. The molecule has 0 atom stereocenters. The zero-order valence-electron chi connectivity index (χ0n) is 9.58. The van der Waals surface area contributed by atoms with Crippen LogP contribution in [0.4, 0.5) is 0 Å². The summed E-state index contributed by atoms with van der Waals surface area (Å²) in [6.45, 7) is 2.24. The molecule has 2 rings (SSSR count). The maximum atomic E-state index is 11.7. The number of nitrogens with one attached hydrogen (secondary N) is 1. The first-order chi connectivity index (χ1) is 8.24. The average molecular weight is 318 g/mol. The van der Waals surface area contributed by atoms with E-state index in [0.29, 0.717) is 6.42 Å². The van der Waals surface area contributed by atoms with E-state index in [4.69, 9.17) is 4.74 Å². The van der Waals surface area contributed by atoms with E-state index in [2.05, 4.69) is 21.2 Å². The number of ketones is 1. The molecule has 0 unspecified atom stereocenters. The number of Topliss-reactive ketones (excluding diaryl/α,β-unsaturated/α-hetero) is 1. The molecule has 1 aromatic rings. The summed E-state index contributed by atoms with van der Waals surface area (Å²) >= 11 is 4.99. The first-order valence-corrected chi connectivity index (χ1v) is 7.48. The molecule has 1 aliphatic rings. The van der Waals surface area contributed by atoms with Crippen molar-refractivity contribution < 1.29 is 9.53 Å². The maximum Gasteiger partial charge on any atom is 0.163 e. The van der Waals surface area contributed by atoms with Crippen LogP contribution >= 0.6 is 27.3 Å². The summed E-state index contributed by atoms with van der Waals surface area (Å²) in [4.78, 5) is 12.8. The highest BCUT2D eigenvalue weighted by molar-refractivity contribution is 9.10. The number of carbonyl (C=O) groups excluding carboxylic acids is 1. The Hall–Kier alpha value is -0.230. The van der Waals surface area contributed by atoms with E-state index in [-0.39, 0.29) is 18.5 Å². The van der Waals surface area contributed by atoms with Crippen molar-refractivity contribution in [3.63, 3.8) is 0 Å². The second-order valence-electron chi connectivity index (χ2n) is 4.21. The molecule has 0 saturated carbocycles. The minimum atomic E-state index is 0.165. The third kappa shape index (κ3) is 4.50. The molecule has 0 aliphatic carbocycles. The third-order valence-corrected chi connectivity index (χ3v) is 4.46. The Morgan fingerprint density at radius 3 is 2.94 bits per heavy atom. The number of rotatable bonds is 5. The van der Waals surface area contributed by atoms with Gasteiger partial charge in [0, 0.05) is 21.2 Å². The highest BCUT2D eigenvalue weighted by atomic mass is 79.9. The number of ether oxygens (including phenoxy) is 1. The van der Waals surface area contributed by atoms with Crippen LogP contribution in [0.15, 0.2) is 15.9 Å². The largest absolute Gasteiger partial charge is 0.370 e. The van der Waals surface area contributed by atoms with Gasteiger partial charge in [-0.25, -0.2) is 0 Å². The summed E-state index contributed by atoms with van der Waals surface area (Å²) in [5.41, 5.74) is 0. The minimum absolute atomic E-state index is 0.165. The fourth-order valence-corrected chi connectivity index (χ4v) is 3.34. The molecule has 1 aromatic heterocycles. The van der Waals surface area contributed by atoms with Crippen molar-refractivity contribution in [3.8, 4) is 0 Å². The van der Waals surface area contributed by atoms with Crippen LogP contribution in [-0.2, 0) is 16.0 Å². The number of halogens is 1. The summed E-state index contributed by atoms with van der Waals surface area (Å²) in [6.07, 6.45) is 2.77. The van der Waals surface area contributed by atoms with Crippen LogP contribution in [0.2, 0.25) is 0 Å². The normalized spacial score (nSPS) is 17.2. The summed E-state index contributed by atoms with van der Waals surface area (Å²) in [5, 5.41) is 5.27. The SMILES string of the molecule is O=C(COC1CCNCC1)Cc1cc(Br)cs1. The number of hydrogen-bond donors (Lipinski definition) is 1. The van der Waals surface area contributed by atoms with Crippen LogP contribution in [0.1, 0.15) is 17.7 Å². The van der Waals surface area contributed by atoms with Crippen molar-refractivity contribution in [2.45, 2.75) is 25.4 Å². The average Bonchev–Trinajstić information content (AvgIpc) is 2.73. The van der Waals surface area contributed by atoms with Gasteiger partial charge in [-0.15, -0.1) is 11.3 Å². The lowest BCUT2D eigenvalue weighted by Crippen LogP contribution is -2.33. The van der Waals surface area contributed by atoms with Gasteiger partial charge in [-0.2, -0.15) is 0 Å². The molecule has 0 spiro atoms. The Labute approximate surface area is 114 Å². The van der Waals surface area contributed by atoms with E-state index >= 15 is 0 Å². The van der Waals surface area contributed by atoms with Crippen LogP contribution in [0, 0.1) is 0 Å². The smallest absolute Gasteiger partial charge is 0.163 e. The van der Waals surface area contributed by atoms with Crippen LogP contribution < -0.4 is 5.32 Å². The number of hydrogen-bond acceptors (Lipinski definition) is 4. The molecule has 94 valence electrons. The Kier molecular flexibility index (Phi) is 5.16. The zero-order chi connectivity index (χ0) is 12.1. The molecule has 2 heterocycles. The summed E-state index contributed by atoms with van der Waals surface area (Å²) in [7, 11) is 0. The van der Waals surface area contributed by atoms with Gasteiger partial charge in [0.2, 0.25) is 0 Å². The molecule has 0 bridgehead atoms. The van der Waals surface area contributed by atoms with Crippen molar-refractivity contribution in [2.24, 2.45) is 0 Å². The summed E-state index contributed by atoms with van der Waals surface area (Å²) < 4.78 is 6.67. The second-order valence-corrected chi connectivity index (χ2v) is 6.12. The van der Waals surface area contributed by atoms with Crippen molar-refractivity contribution in [1.29, 1.82) is 0 Å². The fourth-order valence-electron chi connectivity index (χ4n) is 1.86. The molecule has 3 nitrogen and oxygen atoms in total. The highest BCUT2D eigenvalue weighted by Crippen LogP contribution is 2.20. The van der Waals surface area contributed by atoms with Crippen LogP contribution in [0.5, 0.6) is 0 Å². The number of piperidine rings is 1. The second kappa shape index (κ2) is 6.64. The first-order valence-electron chi connectivity index (χ1n) is 5.81. The van der Waals surface area contributed by atoms with Gasteiger partial charge in [0.25, 0.3) is 0 Å². The van der Waals surface area contributed by atoms with Gasteiger partial charge < -0.3 is 10.1 Å². The Morgan fingerprint density at radius 1 is 1.53 bits per heavy atom. The fraction of sp³-hybridized carbons (Fsp3) is 0.583. The highest BCUT2D eigenvalue weighted by Gasteiger charge is 2.15. The van der Waals surface area contributed by atoms with Gasteiger partial charge in [-0.1, -0.05) is 0 Å². The first kappa shape index (κ1) is 13.2. The van der Waals surface area contributed by atoms with Gasteiger partial charge in [0.05, 0.1) is 6.10 Å². The Morgan fingerprint density at radius 2 is 2.29 bits per heavy atom. The van der Waals surface area contributed by atoms with E-state index in [9.17, 15) is 4.79 Å². The van der Waals surface area contributed by atoms with Crippen LogP contribution in [0.3, 0.4) is 0 Å². The quantitative estimate of drug-likeness (QED) is 0.906. The molecule has 1 saturated heterocycles. The van der Waals surface area contributed by atoms with E-state index in [1.165, 1.54) is 0 Å². The molecule has 1 fully saturated rings. The summed E-state index contributed by atoms with van der Waals surface area (Å²) in [6, 6.07) is 1.99. The molecule has 1 N–H and O–H groups in total. The molecular formula is C12H16BrNO2S. The van der Waals surface area contributed by atoms with Crippen molar-refractivity contribution in [3.05, 3.63) is 20.8 Å². The van der Waals surface area contributed by atoms with E-state index in [0.717, 1.165) is 35.3 Å². The lowest BCUT2D eigenvalue weighted by molar-refractivity contribution is -0.125. The van der Waals surface area contributed by atoms with Crippen molar-refractivity contribution in [1.82, 2.24) is 5.32 Å². The lowest BCUT2D eigenvalue weighted by Gasteiger charge is -2.22. The number of carbonyl (C=O) groups is 1. The summed E-state index contributed by atoms with van der Waals surface area (Å²) in [5.74, 6) is 0.165. The van der Waals surface area contributed by atoms with Gasteiger partial charge in [0.15, 0.2) is 5.78 Å². The molecule has 0 radical (unpaired) electrons. The van der Waals surface area contributed by atoms with Crippen molar-refractivity contribution >= 4 is 33.0 Å². The minimum Gasteiger partial charge on any atom is -0.370 e. The maximum absolute atomic E-state index is 11.7. The van der Waals surface area contributed by atoms with Gasteiger partial charge in [-0.3, -0.25) is 4.79 Å². The lowest BCUT2D eigenvalue weighted by atomic mass is 10.1. The molecule has 0 aromatic carbocycles. The molecule has 1 aliphatic heterocycles. The van der Waals surface area contributed by atoms with E-state index in [1.54, 1.807) is 11.3 Å². The van der Waals surface area contributed by atoms with Crippen LogP contribution in [-0.4, -0.2) is 31.6 Å². The zero-order valence-corrected chi connectivity index (χ0v) is 12.0. The monoisotopic (exact) mass is 317 g/mol. The van der Waals surface area contributed by atoms with Crippen LogP contribution in [0.25, 0.3) is 0 Å². The molecule has 0 amide bonds. The topological polar surface area (TPSA) is 38.3 Å². The van der Waals surface area contributed by atoms with Gasteiger partial charge in [0.1, 0.15) is 6.61 Å². The Balaban J connectivity index is 1.70. The molecule has 5 heteroatoms.